The van der Waals surface area contributed by atoms with Gasteiger partial charge in [-0.1, -0.05) is 69.4 Å². The number of hydrogen-bond donors (Lipinski definition) is 0. The molecule has 0 aromatic carbocycles. The summed E-state index contributed by atoms with van der Waals surface area (Å²) in [4.78, 5) is 4.24. The van der Waals surface area contributed by atoms with Crippen LogP contribution in [0.1, 0.15) is 6.92 Å². The average molecular weight is 417 g/mol. The van der Waals surface area contributed by atoms with Gasteiger partial charge in [0.1, 0.15) is 11.5 Å². The zero-order chi connectivity index (χ0) is 22.6. The Morgan fingerprint density at radius 1 is 0.806 bits per heavy atom. The van der Waals surface area contributed by atoms with Crippen LogP contribution in [0.3, 0.4) is 0 Å². The first-order valence-electron chi connectivity index (χ1n) is 10.2. The predicted molar refractivity (Wildman–Crippen MR) is 130 cm³/mol. The maximum absolute atomic E-state index is 5.94. The van der Waals surface area contributed by atoms with E-state index in [2.05, 4.69) is 48.8 Å². The molecule has 0 N–H and O–H groups in total. The fraction of sp³-hybridized carbons (Fsp3) is 0.185. The standard InChI is InChI=1S/C27H32N2O2/c1-7-13-16-23-19-29(21-30-26(23)12-6)25(14-8-2)17-24(11-5)28-18-22(10-4)27(15-9-3)31-20-28/h7-17H,1-2,4-6,18-21H2,3H3/b15-9-,16-13-,24-17+,25-14+. The van der Waals surface area contributed by atoms with Crippen LogP contribution in [0.2, 0.25) is 0 Å². The molecule has 2 aliphatic heterocycles. The Balaban J connectivity index is 2.32. The highest BCUT2D eigenvalue weighted by atomic mass is 16.5. The largest absolute Gasteiger partial charge is 0.473 e. The lowest BCUT2D eigenvalue weighted by atomic mass is 10.1. The first kappa shape index (κ1) is 23.6. The molecule has 0 amide bonds. The Labute approximate surface area is 186 Å². The molecule has 0 unspecified atom stereocenters. The lowest BCUT2D eigenvalue weighted by molar-refractivity contribution is 0.0874. The zero-order valence-corrected chi connectivity index (χ0v) is 18.4. The number of hydrogen-bond acceptors (Lipinski definition) is 4. The summed E-state index contributed by atoms with van der Waals surface area (Å²) in [5.41, 5.74) is 3.96. The molecule has 0 radical (unpaired) electrons. The molecule has 2 rings (SSSR count). The number of allylic oxidation sites excluding steroid dienone is 9. The second-order valence-corrected chi connectivity index (χ2v) is 6.83. The van der Waals surface area contributed by atoms with Crippen LogP contribution in [-0.4, -0.2) is 36.4 Å². The van der Waals surface area contributed by atoms with Crippen molar-refractivity contribution in [3.05, 3.63) is 134 Å². The summed E-state index contributed by atoms with van der Waals surface area (Å²) in [6.07, 6.45) is 20.7. The van der Waals surface area contributed by atoms with Crippen LogP contribution in [-0.2, 0) is 9.47 Å². The van der Waals surface area contributed by atoms with Gasteiger partial charge >= 0.3 is 0 Å². The van der Waals surface area contributed by atoms with Gasteiger partial charge in [0.25, 0.3) is 0 Å². The fourth-order valence-corrected chi connectivity index (χ4v) is 3.25. The molecule has 0 aliphatic carbocycles. The van der Waals surface area contributed by atoms with Crippen LogP contribution >= 0.6 is 0 Å². The summed E-state index contributed by atoms with van der Waals surface area (Å²) in [7, 11) is 0. The maximum atomic E-state index is 5.94. The van der Waals surface area contributed by atoms with Crippen molar-refractivity contribution in [2.75, 3.05) is 26.6 Å². The van der Waals surface area contributed by atoms with E-state index in [9.17, 15) is 0 Å². The minimum atomic E-state index is 0.410. The minimum absolute atomic E-state index is 0.410. The summed E-state index contributed by atoms with van der Waals surface area (Å²) in [6, 6.07) is 0. The molecule has 2 heterocycles. The van der Waals surface area contributed by atoms with Crippen molar-refractivity contribution in [2.45, 2.75) is 6.92 Å². The van der Waals surface area contributed by atoms with Crippen molar-refractivity contribution in [3.63, 3.8) is 0 Å². The SMILES string of the molecule is C=C/C=C\C1=C(C=C)OCN(C(/C=C(\C=C)N2COC(/C=C\C)=C(C=C)C2)=C/C=C)C1. The van der Waals surface area contributed by atoms with Crippen molar-refractivity contribution in [1.82, 2.24) is 9.80 Å². The molecule has 4 heteroatoms. The van der Waals surface area contributed by atoms with Crippen molar-refractivity contribution in [1.29, 1.82) is 0 Å². The molecule has 0 aromatic heterocycles. The smallest absolute Gasteiger partial charge is 0.161 e. The van der Waals surface area contributed by atoms with E-state index >= 15 is 0 Å². The van der Waals surface area contributed by atoms with E-state index in [0.717, 1.165) is 34.1 Å². The topological polar surface area (TPSA) is 24.9 Å². The Bertz CT molecular complexity index is 910. The molecule has 0 saturated heterocycles. The fourth-order valence-electron chi connectivity index (χ4n) is 3.25. The Kier molecular flexibility index (Phi) is 9.24. The van der Waals surface area contributed by atoms with Crippen molar-refractivity contribution in [3.8, 4) is 0 Å². The summed E-state index contributed by atoms with van der Waals surface area (Å²) in [6.45, 7) is 23.6. The summed E-state index contributed by atoms with van der Waals surface area (Å²) in [5, 5.41) is 0. The molecule has 2 aliphatic rings. The van der Waals surface area contributed by atoms with Crippen LogP contribution in [0, 0.1) is 0 Å². The molecule has 0 saturated carbocycles. The van der Waals surface area contributed by atoms with Gasteiger partial charge in [0.05, 0.1) is 0 Å². The highest BCUT2D eigenvalue weighted by molar-refractivity contribution is 5.38. The summed E-state index contributed by atoms with van der Waals surface area (Å²) < 4.78 is 11.9. The van der Waals surface area contributed by atoms with Gasteiger partial charge in [0, 0.05) is 35.6 Å². The molecule has 0 spiro atoms. The third-order valence-electron chi connectivity index (χ3n) is 4.81. The van der Waals surface area contributed by atoms with Gasteiger partial charge in [-0.15, -0.1) is 0 Å². The van der Waals surface area contributed by atoms with Crippen molar-refractivity contribution in [2.24, 2.45) is 0 Å². The van der Waals surface area contributed by atoms with Crippen LogP contribution in [0.4, 0.5) is 0 Å². The zero-order valence-electron chi connectivity index (χ0n) is 18.4. The molecular formula is C27H32N2O2. The molecule has 0 bridgehead atoms. The first-order valence-corrected chi connectivity index (χ1v) is 10.2. The molecule has 0 atom stereocenters. The van der Waals surface area contributed by atoms with E-state index < -0.39 is 0 Å². The van der Waals surface area contributed by atoms with E-state index in [1.165, 1.54) is 0 Å². The summed E-state index contributed by atoms with van der Waals surface area (Å²) in [5.74, 6) is 1.63. The van der Waals surface area contributed by atoms with E-state index in [-0.39, 0.29) is 0 Å². The van der Waals surface area contributed by atoms with Gasteiger partial charge in [0.15, 0.2) is 13.5 Å². The van der Waals surface area contributed by atoms with Crippen molar-refractivity contribution < 1.29 is 9.47 Å². The number of rotatable bonds is 10. The molecular weight excluding hydrogens is 384 g/mol. The van der Waals surface area contributed by atoms with Crippen LogP contribution in [0.15, 0.2) is 134 Å². The van der Waals surface area contributed by atoms with Gasteiger partial charge in [-0.25, -0.2) is 0 Å². The Morgan fingerprint density at radius 2 is 1.48 bits per heavy atom. The van der Waals surface area contributed by atoms with Gasteiger partial charge < -0.3 is 19.3 Å². The molecule has 162 valence electrons. The second-order valence-electron chi connectivity index (χ2n) is 6.83. The lowest BCUT2D eigenvalue weighted by Gasteiger charge is -2.34. The van der Waals surface area contributed by atoms with Crippen LogP contribution < -0.4 is 0 Å². The maximum Gasteiger partial charge on any atom is 0.161 e. The molecule has 31 heavy (non-hydrogen) atoms. The van der Waals surface area contributed by atoms with Crippen LogP contribution in [0.5, 0.6) is 0 Å². The van der Waals surface area contributed by atoms with Crippen molar-refractivity contribution >= 4 is 0 Å². The molecule has 0 fully saturated rings. The van der Waals surface area contributed by atoms with E-state index in [4.69, 9.17) is 9.47 Å². The lowest BCUT2D eigenvalue weighted by Crippen LogP contribution is -2.34. The van der Waals surface area contributed by atoms with Crippen LogP contribution in [0.25, 0.3) is 0 Å². The first-order chi connectivity index (χ1) is 15.1. The third-order valence-corrected chi connectivity index (χ3v) is 4.81. The normalized spacial score (nSPS) is 18.2. The quantitative estimate of drug-likeness (QED) is 0.414. The highest BCUT2D eigenvalue weighted by Crippen LogP contribution is 2.25. The summed E-state index contributed by atoms with van der Waals surface area (Å²) >= 11 is 0. The average Bonchev–Trinajstić information content (AvgIpc) is 2.80. The monoisotopic (exact) mass is 416 g/mol. The van der Waals surface area contributed by atoms with Gasteiger partial charge in [-0.3, -0.25) is 0 Å². The number of ether oxygens (including phenoxy) is 2. The number of nitrogens with zero attached hydrogens (tertiary/aromatic N) is 2. The minimum Gasteiger partial charge on any atom is -0.473 e. The Hall–Kier alpha value is -3.66. The van der Waals surface area contributed by atoms with E-state index in [1.807, 2.05) is 49.5 Å². The molecule has 4 nitrogen and oxygen atoms in total. The molecule has 0 aromatic rings. The van der Waals surface area contributed by atoms with E-state index in [1.54, 1.807) is 18.2 Å². The Morgan fingerprint density at radius 3 is 2.06 bits per heavy atom. The van der Waals surface area contributed by atoms with E-state index in [0.29, 0.717) is 26.6 Å². The highest BCUT2D eigenvalue weighted by Gasteiger charge is 2.21. The predicted octanol–water partition coefficient (Wildman–Crippen LogP) is 5.90. The third kappa shape index (κ3) is 6.16. The van der Waals surface area contributed by atoms with Gasteiger partial charge in [0.2, 0.25) is 0 Å². The van der Waals surface area contributed by atoms with Gasteiger partial charge in [-0.05, 0) is 37.3 Å². The second kappa shape index (κ2) is 12.1. The van der Waals surface area contributed by atoms with Gasteiger partial charge in [-0.2, -0.15) is 0 Å².